The van der Waals surface area contributed by atoms with Crippen molar-refractivity contribution in [2.45, 2.75) is 12.8 Å². The summed E-state index contributed by atoms with van der Waals surface area (Å²) in [6, 6.07) is 4.39. The molecule has 0 aliphatic carbocycles. The van der Waals surface area contributed by atoms with E-state index in [1.807, 2.05) is 7.05 Å². The lowest BCUT2D eigenvalue weighted by molar-refractivity contribution is -0.384. The van der Waals surface area contributed by atoms with E-state index in [9.17, 15) is 14.9 Å². The summed E-state index contributed by atoms with van der Waals surface area (Å²) in [5.74, 6) is 0.259. The van der Waals surface area contributed by atoms with Crippen molar-refractivity contribution in [2.75, 3.05) is 26.7 Å². The Hall–Kier alpha value is -2.19. The van der Waals surface area contributed by atoms with Crippen molar-refractivity contribution in [3.05, 3.63) is 34.0 Å². The first kappa shape index (κ1) is 18.2. The molecule has 2 aromatic rings. The van der Waals surface area contributed by atoms with Crippen LogP contribution in [0.15, 0.2) is 18.2 Å². The molecule has 1 aliphatic heterocycles. The van der Waals surface area contributed by atoms with Gasteiger partial charge in [0.1, 0.15) is 0 Å². The van der Waals surface area contributed by atoms with Crippen molar-refractivity contribution in [1.29, 1.82) is 0 Å². The standard InChI is InChI=1S/C15H19N5O3.ClH/c1-16-8-10-3-2-6-19(9-10)15(21)14-12-7-11(20(22)23)4-5-13(12)17-18-14;/h4-5,7,10,16H,2-3,6,8-9H2,1H3,(H,17,18);1H. The average Bonchev–Trinajstić information content (AvgIpc) is 2.97. The van der Waals surface area contributed by atoms with Crippen LogP contribution in [0.4, 0.5) is 5.69 Å². The largest absolute Gasteiger partial charge is 0.337 e. The highest BCUT2D eigenvalue weighted by Gasteiger charge is 2.27. The Bertz CT molecular complexity index is 746. The zero-order chi connectivity index (χ0) is 16.4. The van der Waals surface area contributed by atoms with Gasteiger partial charge in [0.15, 0.2) is 5.69 Å². The minimum atomic E-state index is -0.468. The molecular weight excluding hydrogens is 334 g/mol. The first-order valence-corrected chi connectivity index (χ1v) is 7.66. The van der Waals surface area contributed by atoms with Gasteiger partial charge in [0.25, 0.3) is 11.6 Å². The number of fused-ring (bicyclic) bond motifs is 1. The van der Waals surface area contributed by atoms with Crippen LogP contribution in [0.25, 0.3) is 10.9 Å². The number of amides is 1. The number of carbonyl (C=O) groups excluding carboxylic acids is 1. The van der Waals surface area contributed by atoms with Gasteiger partial charge in [-0.25, -0.2) is 0 Å². The van der Waals surface area contributed by atoms with E-state index >= 15 is 0 Å². The van der Waals surface area contributed by atoms with E-state index in [4.69, 9.17) is 0 Å². The molecule has 0 spiro atoms. The molecule has 1 aliphatic rings. The topological polar surface area (TPSA) is 104 Å². The third-order valence-corrected chi connectivity index (χ3v) is 4.26. The SMILES string of the molecule is CNCC1CCCN(C(=O)c2n[nH]c3ccc([N+](=O)[O-])cc23)C1.Cl. The van der Waals surface area contributed by atoms with Crippen LogP contribution in [0.5, 0.6) is 0 Å². The zero-order valence-electron chi connectivity index (χ0n) is 13.3. The second-order valence-corrected chi connectivity index (χ2v) is 5.88. The number of carbonyl (C=O) groups is 1. The molecule has 9 heteroatoms. The number of nitro groups is 1. The molecule has 1 unspecified atom stereocenters. The highest BCUT2D eigenvalue weighted by atomic mass is 35.5. The third-order valence-electron chi connectivity index (χ3n) is 4.26. The van der Waals surface area contributed by atoms with Crippen molar-refractivity contribution in [2.24, 2.45) is 5.92 Å². The predicted octanol–water partition coefficient (Wildman–Crippen LogP) is 1.96. The molecule has 1 aromatic carbocycles. The maximum atomic E-state index is 12.8. The van der Waals surface area contributed by atoms with E-state index in [-0.39, 0.29) is 29.7 Å². The normalized spacial score (nSPS) is 17.5. The predicted molar refractivity (Wildman–Crippen MR) is 92.6 cm³/mol. The van der Waals surface area contributed by atoms with Crippen molar-refractivity contribution in [1.82, 2.24) is 20.4 Å². The molecule has 0 radical (unpaired) electrons. The quantitative estimate of drug-likeness (QED) is 0.646. The van der Waals surface area contributed by atoms with Crippen molar-refractivity contribution in [3.63, 3.8) is 0 Å². The summed E-state index contributed by atoms with van der Waals surface area (Å²) in [5.41, 5.74) is 0.844. The van der Waals surface area contributed by atoms with Crippen molar-refractivity contribution in [3.8, 4) is 0 Å². The molecule has 0 saturated carbocycles. The van der Waals surface area contributed by atoms with Crippen LogP contribution in [0.2, 0.25) is 0 Å². The smallest absolute Gasteiger partial charge is 0.275 e. The molecule has 3 rings (SSSR count). The number of hydrogen-bond donors (Lipinski definition) is 2. The van der Waals surface area contributed by atoms with E-state index in [0.29, 0.717) is 29.9 Å². The first-order valence-electron chi connectivity index (χ1n) is 7.66. The summed E-state index contributed by atoms with van der Waals surface area (Å²) in [7, 11) is 1.90. The highest BCUT2D eigenvalue weighted by Crippen LogP contribution is 2.24. The van der Waals surface area contributed by atoms with Gasteiger partial charge in [-0.3, -0.25) is 20.0 Å². The molecule has 1 saturated heterocycles. The van der Waals surface area contributed by atoms with E-state index in [2.05, 4.69) is 15.5 Å². The zero-order valence-corrected chi connectivity index (χ0v) is 14.1. The van der Waals surface area contributed by atoms with E-state index in [0.717, 1.165) is 19.4 Å². The van der Waals surface area contributed by atoms with E-state index in [1.54, 1.807) is 11.0 Å². The summed E-state index contributed by atoms with van der Waals surface area (Å²) in [6.07, 6.45) is 2.05. The molecule has 24 heavy (non-hydrogen) atoms. The first-order chi connectivity index (χ1) is 11.1. The van der Waals surface area contributed by atoms with Gasteiger partial charge < -0.3 is 10.2 Å². The number of hydrogen-bond acceptors (Lipinski definition) is 5. The number of non-ortho nitro benzene ring substituents is 1. The molecule has 8 nitrogen and oxygen atoms in total. The lowest BCUT2D eigenvalue weighted by atomic mass is 9.97. The summed E-state index contributed by atoms with van der Waals surface area (Å²) < 4.78 is 0. The van der Waals surface area contributed by atoms with Gasteiger partial charge >= 0.3 is 0 Å². The number of aromatic nitrogens is 2. The Kier molecular flexibility index (Phi) is 5.74. The summed E-state index contributed by atoms with van der Waals surface area (Å²) in [4.78, 5) is 25.0. The second kappa shape index (κ2) is 7.59. The number of H-pyrrole nitrogens is 1. The summed E-state index contributed by atoms with van der Waals surface area (Å²) in [6.45, 7) is 2.25. The molecule has 1 atom stereocenters. The molecule has 2 N–H and O–H groups in total. The molecule has 1 amide bonds. The average molecular weight is 354 g/mol. The van der Waals surface area contributed by atoms with Crippen LogP contribution in [-0.2, 0) is 0 Å². The molecular formula is C15H20ClN5O3. The number of piperidine rings is 1. The van der Waals surface area contributed by atoms with Crippen LogP contribution in [0.3, 0.4) is 0 Å². The molecule has 1 aromatic heterocycles. The number of nitrogens with one attached hydrogen (secondary N) is 2. The molecule has 2 heterocycles. The lowest BCUT2D eigenvalue weighted by Gasteiger charge is -2.32. The lowest BCUT2D eigenvalue weighted by Crippen LogP contribution is -2.42. The van der Waals surface area contributed by atoms with Gasteiger partial charge in [-0.2, -0.15) is 5.10 Å². The summed E-state index contributed by atoms with van der Waals surface area (Å²) >= 11 is 0. The Morgan fingerprint density at radius 3 is 3.04 bits per heavy atom. The number of rotatable bonds is 4. The van der Waals surface area contributed by atoms with Crippen LogP contribution in [-0.4, -0.2) is 52.6 Å². The highest BCUT2D eigenvalue weighted by molar-refractivity contribution is 6.05. The van der Waals surface area contributed by atoms with E-state index in [1.165, 1.54) is 12.1 Å². The second-order valence-electron chi connectivity index (χ2n) is 5.88. The number of likely N-dealkylation sites (tertiary alicyclic amines) is 1. The monoisotopic (exact) mass is 353 g/mol. The molecule has 1 fully saturated rings. The van der Waals surface area contributed by atoms with Crippen LogP contribution in [0.1, 0.15) is 23.3 Å². The van der Waals surface area contributed by atoms with Gasteiger partial charge in [-0.1, -0.05) is 0 Å². The third kappa shape index (κ3) is 3.49. The Morgan fingerprint density at radius 1 is 1.54 bits per heavy atom. The summed E-state index contributed by atoms with van der Waals surface area (Å²) in [5, 5.41) is 21.4. The number of benzene rings is 1. The number of halogens is 1. The fraction of sp³-hybridized carbons (Fsp3) is 0.467. The Balaban J connectivity index is 0.00000208. The van der Waals surface area contributed by atoms with Gasteiger partial charge in [0.05, 0.1) is 10.4 Å². The van der Waals surface area contributed by atoms with Crippen molar-refractivity contribution >= 4 is 34.9 Å². The van der Waals surface area contributed by atoms with E-state index < -0.39 is 4.92 Å². The number of nitro benzene ring substituents is 1. The van der Waals surface area contributed by atoms with Gasteiger partial charge in [-0.05, 0) is 38.4 Å². The molecule has 0 bridgehead atoms. The van der Waals surface area contributed by atoms with Crippen LogP contribution in [0, 0.1) is 16.0 Å². The van der Waals surface area contributed by atoms with Crippen LogP contribution < -0.4 is 5.32 Å². The molecule has 130 valence electrons. The van der Waals surface area contributed by atoms with Crippen LogP contribution >= 0.6 is 12.4 Å². The van der Waals surface area contributed by atoms with Gasteiger partial charge in [-0.15, -0.1) is 12.4 Å². The number of nitrogens with zero attached hydrogens (tertiary/aromatic N) is 3. The minimum Gasteiger partial charge on any atom is -0.337 e. The van der Waals surface area contributed by atoms with Crippen molar-refractivity contribution < 1.29 is 9.72 Å². The Labute approximate surface area is 145 Å². The maximum absolute atomic E-state index is 12.8. The van der Waals surface area contributed by atoms with Gasteiger partial charge in [0, 0.05) is 30.6 Å². The maximum Gasteiger partial charge on any atom is 0.275 e. The minimum absolute atomic E-state index is 0. The number of aromatic amines is 1. The van der Waals surface area contributed by atoms with Gasteiger partial charge in [0.2, 0.25) is 0 Å². The fourth-order valence-electron chi connectivity index (χ4n) is 3.13. The fourth-order valence-corrected chi connectivity index (χ4v) is 3.13. The Morgan fingerprint density at radius 2 is 2.33 bits per heavy atom.